The van der Waals surface area contributed by atoms with Crippen LogP contribution in [0.25, 0.3) is 0 Å². The number of hydrogen-bond donors (Lipinski definition) is 4. The molecule has 6 rings (SSSR count). The summed E-state index contributed by atoms with van der Waals surface area (Å²) in [4.78, 5) is 26.1. The van der Waals surface area contributed by atoms with Gasteiger partial charge in [0, 0.05) is 28.3 Å². The minimum Gasteiger partial charge on any atom is -0.478 e. The molecule has 0 aromatic heterocycles. The zero-order valence-corrected chi connectivity index (χ0v) is 30.6. The number of anilines is 1. The van der Waals surface area contributed by atoms with Gasteiger partial charge in [-0.15, -0.1) is 11.8 Å². The lowest BCUT2D eigenvalue weighted by Gasteiger charge is -2.36. The van der Waals surface area contributed by atoms with Crippen molar-refractivity contribution in [1.82, 2.24) is 4.72 Å². The number of aromatic carboxylic acids is 1. The Morgan fingerprint density at radius 2 is 1.55 bits per heavy atom. The third-order valence-corrected chi connectivity index (χ3v) is 11.4. The summed E-state index contributed by atoms with van der Waals surface area (Å²) in [6.07, 6.45) is -0.727. The highest BCUT2D eigenvalue weighted by molar-refractivity contribution is 7.99. The fourth-order valence-corrected chi connectivity index (χ4v) is 8.03. The van der Waals surface area contributed by atoms with Gasteiger partial charge in [-0.05, 0) is 78.6 Å². The number of carboxylic acids is 1. The van der Waals surface area contributed by atoms with Gasteiger partial charge in [-0.3, -0.25) is 4.79 Å². The monoisotopic (exact) mass is 752 g/mol. The van der Waals surface area contributed by atoms with Gasteiger partial charge < -0.3 is 25.0 Å². The summed E-state index contributed by atoms with van der Waals surface area (Å²) >= 11 is 1.55. The van der Waals surface area contributed by atoms with Crippen molar-refractivity contribution < 1.29 is 37.7 Å². The molecule has 4 N–H and O–H groups in total. The molecule has 1 fully saturated rings. The largest absolute Gasteiger partial charge is 0.478 e. The molecule has 4 unspecified atom stereocenters. The van der Waals surface area contributed by atoms with Gasteiger partial charge in [0.2, 0.25) is 15.9 Å². The number of amides is 1. The fraction of sp³-hybridized carbons (Fsp3) is 0.220. The molecule has 10 nitrogen and oxygen atoms in total. The Balaban J connectivity index is 1.21. The highest BCUT2D eigenvalue weighted by Gasteiger charge is 2.33. The van der Waals surface area contributed by atoms with Crippen LogP contribution in [-0.4, -0.2) is 48.4 Å². The second-order valence-corrected chi connectivity index (χ2v) is 15.6. The van der Waals surface area contributed by atoms with E-state index in [2.05, 4.69) is 10.0 Å². The van der Waals surface area contributed by atoms with E-state index in [1.54, 1.807) is 66.4 Å². The first-order valence-corrected chi connectivity index (χ1v) is 19.5. The zero-order chi connectivity index (χ0) is 37.4. The average molecular weight is 753 g/mol. The first kappa shape index (κ1) is 37.9. The maximum atomic E-state index is 13.8. The SMILES string of the molecule is Cc1ccc(S(=O)(=O)NC(Cc2ccccc2)C(=O)Nc2cccc(C3OC(CSc4ccc(C(=O)O)cc4)CC(c4ccc(CO)cc4)O3)c2)cc1. The smallest absolute Gasteiger partial charge is 0.335 e. The molecule has 0 radical (unpaired) electrons. The lowest BCUT2D eigenvalue weighted by atomic mass is 10.0. The quantitative estimate of drug-likeness (QED) is 0.0875. The Bertz CT molecular complexity index is 2110. The standard InChI is InChI=1S/C41H40N2O8S2/c1-27-10-20-36(21-11-27)53(48,49)43-37(22-28-6-3-2-4-7-28)39(45)42-33-9-5-8-32(23-33)41-50-34(26-52-35-18-16-31(17-19-35)40(46)47)24-38(51-41)30-14-12-29(25-44)13-15-30/h2-21,23,34,37-38,41,43-44H,22,24-26H2,1H3,(H,42,45)(H,46,47). The molecule has 12 heteroatoms. The molecule has 1 saturated heterocycles. The molecule has 53 heavy (non-hydrogen) atoms. The van der Waals surface area contributed by atoms with Crippen molar-refractivity contribution in [2.24, 2.45) is 0 Å². The molecule has 1 aliphatic rings. The highest BCUT2D eigenvalue weighted by Crippen LogP contribution is 2.40. The molecular formula is C41H40N2O8S2. The number of aryl methyl sites for hydroxylation is 1. The average Bonchev–Trinajstić information content (AvgIpc) is 3.17. The van der Waals surface area contributed by atoms with E-state index in [4.69, 9.17) is 9.47 Å². The van der Waals surface area contributed by atoms with E-state index >= 15 is 0 Å². The van der Waals surface area contributed by atoms with Gasteiger partial charge in [0.15, 0.2) is 6.29 Å². The Kier molecular flexibility index (Phi) is 12.4. The molecule has 1 heterocycles. The third-order valence-electron chi connectivity index (χ3n) is 8.81. The summed E-state index contributed by atoms with van der Waals surface area (Å²) < 4.78 is 42.4. The molecule has 4 atom stereocenters. The number of sulfonamides is 1. The number of carboxylic acid groups (broad SMARTS) is 1. The number of carbonyl (C=O) groups is 2. The van der Waals surface area contributed by atoms with Gasteiger partial charge in [0.25, 0.3) is 0 Å². The van der Waals surface area contributed by atoms with Gasteiger partial charge >= 0.3 is 5.97 Å². The van der Waals surface area contributed by atoms with Crippen molar-refractivity contribution in [3.05, 3.63) is 161 Å². The van der Waals surface area contributed by atoms with Crippen molar-refractivity contribution >= 4 is 39.3 Å². The normalized spacial score (nSPS) is 17.9. The third kappa shape index (κ3) is 10.2. The van der Waals surface area contributed by atoms with Gasteiger partial charge in [-0.2, -0.15) is 4.72 Å². The van der Waals surface area contributed by atoms with Gasteiger partial charge in [-0.1, -0.05) is 84.4 Å². The molecule has 1 amide bonds. The molecule has 5 aromatic rings. The first-order valence-electron chi connectivity index (χ1n) is 17.1. The van der Waals surface area contributed by atoms with Gasteiger partial charge in [-0.25, -0.2) is 13.2 Å². The molecule has 0 bridgehead atoms. The Morgan fingerprint density at radius 1 is 0.830 bits per heavy atom. The first-order chi connectivity index (χ1) is 25.6. The minimum atomic E-state index is -4.03. The number of rotatable bonds is 14. The predicted octanol–water partition coefficient (Wildman–Crippen LogP) is 7.05. The maximum absolute atomic E-state index is 13.8. The minimum absolute atomic E-state index is 0.0631. The van der Waals surface area contributed by atoms with Gasteiger partial charge in [0.05, 0.1) is 29.3 Å². The van der Waals surface area contributed by atoms with E-state index in [0.717, 1.165) is 27.1 Å². The number of ether oxygens (including phenoxy) is 2. The van der Waals surface area contributed by atoms with Gasteiger partial charge in [0.1, 0.15) is 6.04 Å². The van der Waals surface area contributed by atoms with E-state index in [9.17, 15) is 28.2 Å². The Morgan fingerprint density at radius 3 is 2.23 bits per heavy atom. The zero-order valence-electron chi connectivity index (χ0n) is 28.9. The second kappa shape index (κ2) is 17.3. The highest BCUT2D eigenvalue weighted by atomic mass is 32.2. The van der Waals surface area contributed by atoms with Crippen molar-refractivity contribution in [2.45, 2.75) is 60.7 Å². The second-order valence-electron chi connectivity index (χ2n) is 12.8. The molecular weight excluding hydrogens is 713 g/mol. The number of aliphatic hydroxyl groups is 1. The molecule has 0 saturated carbocycles. The van der Waals surface area contributed by atoms with E-state index in [-0.39, 0.29) is 35.7 Å². The molecule has 1 aliphatic heterocycles. The van der Waals surface area contributed by atoms with Crippen LogP contribution in [0.3, 0.4) is 0 Å². The van der Waals surface area contributed by atoms with Crippen LogP contribution in [0.15, 0.2) is 137 Å². The van der Waals surface area contributed by atoms with E-state index in [1.807, 2.05) is 67.6 Å². The number of aliphatic hydroxyl groups excluding tert-OH is 1. The van der Waals surface area contributed by atoms with Crippen molar-refractivity contribution in [2.75, 3.05) is 11.1 Å². The molecule has 274 valence electrons. The predicted molar refractivity (Wildman–Crippen MR) is 203 cm³/mol. The summed E-state index contributed by atoms with van der Waals surface area (Å²) in [5, 5.41) is 21.7. The van der Waals surface area contributed by atoms with Crippen LogP contribution in [0.1, 0.15) is 57.0 Å². The number of benzene rings is 5. The summed E-state index contributed by atoms with van der Waals surface area (Å²) in [7, 11) is -4.03. The van der Waals surface area contributed by atoms with Crippen LogP contribution in [0, 0.1) is 6.92 Å². The van der Waals surface area contributed by atoms with Crippen molar-refractivity contribution in [3.8, 4) is 0 Å². The number of carbonyl (C=O) groups excluding carboxylic acids is 1. The lowest BCUT2D eigenvalue weighted by molar-refractivity contribution is -0.245. The van der Waals surface area contributed by atoms with Crippen LogP contribution in [0.4, 0.5) is 5.69 Å². The Hall–Kier alpha value is -4.82. The van der Waals surface area contributed by atoms with E-state index in [1.165, 1.54) is 12.1 Å². The Labute approximate surface area is 313 Å². The number of thioether (sulfide) groups is 1. The summed E-state index contributed by atoms with van der Waals surface area (Å²) in [5.74, 6) is -0.950. The van der Waals surface area contributed by atoms with Crippen LogP contribution in [0.5, 0.6) is 0 Å². The fourth-order valence-electron chi connectivity index (χ4n) is 5.91. The van der Waals surface area contributed by atoms with E-state index in [0.29, 0.717) is 23.4 Å². The molecule has 0 spiro atoms. The number of nitrogens with one attached hydrogen (secondary N) is 2. The van der Waals surface area contributed by atoms with Crippen molar-refractivity contribution in [3.63, 3.8) is 0 Å². The van der Waals surface area contributed by atoms with E-state index < -0.39 is 34.2 Å². The number of hydrogen-bond acceptors (Lipinski definition) is 8. The molecule has 0 aliphatic carbocycles. The topological polar surface area (TPSA) is 151 Å². The van der Waals surface area contributed by atoms with Crippen molar-refractivity contribution in [1.29, 1.82) is 0 Å². The summed E-state index contributed by atoms with van der Waals surface area (Å²) in [6.45, 7) is 1.79. The van der Waals surface area contributed by atoms with Crippen LogP contribution < -0.4 is 10.0 Å². The van der Waals surface area contributed by atoms with Crippen LogP contribution in [0.2, 0.25) is 0 Å². The lowest BCUT2D eigenvalue weighted by Crippen LogP contribution is -2.45. The summed E-state index contributed by atoms with van der Waals surface area (Å²) in [5.41, 5.74) is 4.71. The maximum Gasteiger partial charge on any atom is 0.335 e. The molecule has 5 aromatic carbocycles. The summed E-state index contributed by atoms with van der Waals surface area (Å²) in [6, 6.07) is 35.8. The van der Waals surface area contributed by atoms with Crippen LogP contribution in [-0.2, 0) is 37.3 Å². The van der Waals surface area contributed by atoms with Crippen LogP contribution >= 0.6 is 11.8 Å².